The van der Waals surface area contributed by atoms with Crippen LogP contribution < -0.4 is 20.5 Å². The summed E-state index contributed by atoms with van der Waals surface area (Å²) in [6.45, 7) is 4.46. The van der Waals surface area contributed by atoms with E-state index in [0.29, 0.717) is 23.6 Å². The summed E-state index contributed by atoms with van der Waals surface area (Å²) in [6, 6.07) is 5.32. The SMILES string of the molecule is CCCNC(C)(C(N)=O)c1cc(OC)ccc1OC. The van der Waals surface area contributed by atoms with Gasteiger partial charge >= 0.3 is 0 Å². The Morgan fingerprint density at radius 2 is 2.05 bits per heavy atom. The van der Waals surface area contributed by atoms with Crippen molar-refractivity contribution in [2.45, 2.75) is 25.8 Å². The number of ether oxygens (including phenoxy) is 2. The van der Waals surface area contributed by atoms with Crippen molar-refractivity contribution in [2.75, 3.05) is 20.8 Å². The Balaban J connectivity index is 3.31. The largest absolute Gasteiger partial charge is 0.497 e. The van der Waals surface area contributed by atoms with Crippen LogP contribution in [0.15, 0.2) is 18.2 Å². The molecule has 106 valence electrons. The van der Waals surface area contributed by atoms with Crippen LogP contribution in [-0.2, 0) is 10.3 Å². The number of carbonyl (C=O) groups excluding carboxylic acids is 1. The van der Waals surface area contributed by atoms with Crippen molar-refractivity contribution in [3.63, 3.8) is 0 Å². The summed E-state index contributed by atoms with van der Waals surface area (Å²) in [5, 5.41) is 3.18. The lowest BCUT2D eigenvalue weighted by Gasteiger charge is -2.29. The van der Waals surface area contributed by atoms with Gasteiger partial charge in [0.2, 0.25) is 5.91 Å². The standard InChI is InChI=1S/C14H22N2O3/c1-5-8-16-14(2,13(15)17)11-9-10(18-3)6-7-12(11)19-4/h6-7,9,16H,5,8H2,1-4H3,(H2,15,17). The molecule has 0 aromatic heterocycles. The van der Waals surface area contributed by atoms with Crippen LogP contribution in [-0.4, -0.2) is 26.7 Å². The number of nitrogens with one attached hydrogen (secondary N) is 1. The van der Waals surface area contributed by atoms with E-state index in [4.69, 9.17) is 15.2 Å². The second-order valence-electron chi connectivity index (χ2n) is 4.48. The zero-order valence-corrected chi connectivity index (χ0v) is 11.9. The molecule has 0 heterocycles. The van der Waals surface area contributed by atoms with Gasteiger partial charge in [-0.15, -0.1) is 0 Å². The molecule has 1 aromatic rings. The van der Waals surface area contributed by atoms with Crippen molar-refractivity contribution in [1.29, 1.82) is 0 Å². The molecule has 0 aliphatic carbocycles. The van der Waals surface area contributed by atoms with Crippen molar-refractivity contribution in [2.24, 2.45) is 5.73 Å². The lowest BCUT2D eigenvalue weighted by atomic mass is 9.90. The Morgan fingerprint density at radius 3 is 2.53 bits per heavy atom. The normalized spacial score (nSPS) is 13.7. The van der Waals surface area contributed by atoms with E-state index in [-0.39, 0.29) is 0 Å². The molecule has 0 spiro atoms. The zero-order valence-electron chi connectivity index (χ0n) is 11.9. The maximum Gasteiger partial charge on any atom is 0.242 e. The third-order valence-electron chi connectivity index (χ3n) is 3.17. The van der Waals surface area contributed by atoms with Crippen molar-refractivity contribution < 1.29 is 14.3 Å². The number of hydrogen-bond donors (Lipinski definition) is 2. The highest BCUT2D eigenvalue weighted by atomic mass is 16.5. The molecule has 0 saturated heterocycles. The van der Waals surface area contributed by atoms with Crippen LogP contribution >= 0.6 is 0 Å². The summed E-state index contributed by atoms with van der Waals surface area (Å²) < 4.78 is 10.5. The quantitative estimate of drug-likeness (QED) is 0.782. The van der Waals surface area contributed by atoms with Gasteiger partial charge in [0.15, 0.2) is 0 Å². The molecule has 0 fully saturated rings. The van der Waals surface area contributed by atoms with Crippen LogP contribution in [0.3, 0.4) is 0 Å². The number of amides is 1. The summed E-state index contributed by atoms with van der Waals surface area (Å²) in [5.74, 6) is 0.805. The zero-order chi connectivity index (χ0) is 14.5. The summed E-state index contributed by atoms with van der Waals surface area (Å²) in [4.78, 5) is 11.9. The number of nitrogens with two attached hydrogens (primary N) is 1. The van der Waals surface area contributed by atoms with E-state index in [1.165, 1.54) is 0 Å². The third kappa shape index (κ3) is 3.17. The van der Waals surface area contributed by atoms with Crippen molar-refractivity contribution in [3.05, 3.63) is 23.8 Å². The molecule has 0 aliphatic rings. The van der Waals surface area contributed by atoms with Crippen LogP contribution in [0.5, 0.6) is 11.5 Å². The first-order valence-electron chi connectivity index (χ1n) is 6.27. The second kappa shape index (κ2) is 6.43. The van der Waals surface area contributed by atoms with Crippen molar-refractivity contribution >= 4 is 5.91 Å². The van der Waals surface area contributed by atoms with Crippen LogP contribution in [0.25, 0.3) is 0 Å². The Labute approximate surface area is 114 Å². The predicted molar refractivity (Wildman–Crippen MR) is 74.4 cm³/mol. The van der Waals surface area contributed by atoms with Gasteiger partial charge in [-0.25, -0.2) is 0 Å². The van der Waals surface area contributed by atoms with Gasteiger partial charge in [-0.2, -0.15) is 0 Å². The molecule has 1 amide bonds. The fourth-order valence-corrected chi connectivity index (χ4v) is 1.89. The number of carbonyl (C=O) groups is 1. The van der Waals surface area contributed by atoms with E-state index in [0.717, 1.165) is 6.42 Å². The molecule has 1 rings (SSSR count). The van der Waals surface area contributed by atoms with E-state index < -0.39 is 11.4 Å². The molecule has 3 N–H and O–H groups in total. The number of hydrogen-bond acceptors (Lipinski definition) is 4. The Morgan fingerprint density at radius 1 is 1.37 bits per heavy atom. The van der Waals surface area contributed by atoms with E-state index in [9.17, 15) is 4.79 Å². The highest BCUT2D eigenvalue weighted by Gasteiger charge is 2.35. The van der Waals surface area contributed by atoms with Gasteiger partial charge in [-0.1, -0.05) is 6.92 Å². The highest BCUT2D eigenvalue weighted by Crippen LogP contribution is 2.33. The molecule has 0 bridgehead atoms. The van der Waals surface area contributed by atoms with Crippen LogP contribution in [0, 0.1) is 0 Å². The maximum absolute atomic E-state index is 11.9. The molecule has 19 heavy (non-hydrogen) atoms. The monoisotopic (exact) mass is 266 g/mol. The Kier molecular flexibility index (Phi) is 5.18. The summed E-state index contributed by atoms with van der Waals surface area (Å²) in [7, 11) is 3.14. The molecule has 0 radical (unpaired) electrons. The first kappa shape index (κ1) is 15.3. The lowest BCUT2D eigenvalue weighted by molar-refractivity contribution is -0.124. The van der Waals surface area contributed by atoms with Gasteiger partial charge in [-0.3, -0.25) is 10.1 Å². The molecule has 0 aliphatic heterocycles. The van der Waals surface area contributed by atoms with Crippen LogP contribution in [0.2, 0.25) is 0 Å². The number of benzene rings is 1. The second-order valence-corrected chi connectivity index (χ2v) is 4.48. The minimum atomic E-state index is -0.990. The summed E-state index contributed by atoms with van der Waals surface area (Å²) in [5.41, 5.74) is 5.25. The molecule has 0 saturated carbocycles. The van der Waals surface area contributed by atoms with Crippen LogP contribution in [0.1, 0.15) is 25.8 Å². The number of methoxy groups -OCH3 is 2. The fraction of sp³-hybridized carbons (Fsp3) is 0.500. The van der Waals surface area contributed by atoms with Crippen molar-refractivity contribution in [1.82, 2.24) is 5.32 Å². The average molecular weight is 266 g/mol. The predicted octanol–water partition coefficient (Wildman–Crippen LogP) is 1.40. The van der Waals surface area contributed by atoms with Gasteiger partial charge in [-0.05, 0) is 38.1 Å². The Bertz CT molecular complexity index is 448. The van der Waals surface area contributed by atoms with Gasteiger partial charge in [0.25, 0.3) is 0 Å². The van der Waals surface area contributed by atoms with Crippen molar-refractivity contribution in [3.8, 4) is 11.5 Å². The first-order valence-corrected chi connectivity index (χ1v) is 6.27. The number of primary amides is 1. The molecule has 1 unspecified atom stereocenters. The van der Waals surface area contributed by atoms with E-state index in [1.54, 1.807) is 39.3 Å². The van der Waals surface area contributed by atoms with Crippen LogP contribution in [0.4, 0.5) is 0 Å². The molecule has 5 heteroatoms. The van der Waals surface area contributed by atoms with Gasteiger partial charge < -0.3 is 15.2 Å². The molecular formula is C14H22N2O3. The third-order valence-corrected chi connectivity index (χ3v) is 3.17. The molecule has 5 nitrogen and oxygen atoms in total. The van der Waals surface area contributed by atoms with Gasteiger partial charge in [0, 0.05) is 5.56 Å². The minimum Gasteiger partial charge on any atom is -0.497 e. The van der Waals surface area contributed by atoms with Gasteiger partial charge in [0.1, 0.15) is 17.0 Å². The number of rotatable bonds is 7. The van der Waals surface area contributed by atoms with E-state index in [2.05, 4.69) is 5.32 Å². The Hall–Kier alpha value is -1.75. The average Bonchev–Trinajstić information content (AvgIpc) is 2.43. The highest BCUT2D eigenvalue weighted by molar-refractivity contribution is 5.86. The fourth-order valence-electron chi connectivity index (χ4n) is 1.89. The van der Waals surface area contributed by atoms with E-state index in [1.807, 2.05) is 6.92 Å². The maximum atomic E-state index is 11.9. The molecule has 1 aromatic carbocycles. The van der Waals surface area contributed by atoms with Gasteiger partial charge in [0.05, 0.1) is 14.2 Å². The molecule has 1 atom stereocenters. The molecular weight excluding hydrogens is 244 g/mol. The summed E-state index contributed by atoms with van der Waals surface area (Å²) >= 11 is 0. The smallest absolute Gasteiger partial charge is 0.242 e. The summed E-state index contributed by atoms with van der Waals surface area (Å²) in [6.07, 6.45) is 0.898. The lowest BCUT2D eigenvalue weighted by Crippen LogP contribution is -2.50. The first-order chi connectivity index (χ1) is 8.99. The van der Waals surface area contributed by atoms with E-state index >= 15 is 0 Å². The minimum absolute atomic E-state index is 0.451. The topological polar surface area (TPSA) is 73.6 Å².